The number of benzene rings is 2. The molecular formula is C19H23ClFN3O2. The molecule has 0 aliphatic carbocycles. The highest BCUT2D eigenvalue weighted by atomic mass is 35.5. The van der Waals surface area contributed by atoms with Crippen LogP contribution in [0.15, 0.2) is 48.5 Å². The van der Waals surface area contributed by atoms with Crippen molar-refractivity contribution < 1.29 is 14.0 Å². The van der Waals surface area contributed by atoms with E-state index >= 15 is 0 Å². The van der Waals surface area contributed by atoms with Crippen LogP contribution in [0.4, 0.5) is 10.1 Å². The van der Waals surface area contributed by atoms with Gasteiger partial charge in [-0.1, -0.05) is 31.2 Å². The molecule has 2 aromatic carbocycles. The van der Waals surface area contributed by atoms with Crippen molar-refractivity contribution in [3.63, 3.8) is 0 Å². The predicted octanol–water partition coefficient (Wildman–Crippen LogP) is 3.07. The Morgan fingerprint density at radius 2 is 1.88 bits per heavy atom. The van der Waals surface area contributed by atoms with E-state index in [1.807, 2.05) is 6.92 Å². The van der Waals surface area contributed by atoms with Crippen molar-refractivity contribution in [3.8, 4) is 0 Å². The topological polar surface area (TPSA) is 84.2 Å². The largest absolute Gasteiger partial charge is 0.351 e. The Morgan fingerprint density at radius 1 is 1.15 bits per heavy atom. The minimum Gasteiger partial charge on any atom is -0.351 e. The minimum absolute atomic E-state index is 0. The molecule has 0 saturated carbocycles. The average molecular weight is 380 g/mol. The smallest absolute Gasteiger partial charge is 0.253 e. The highest BCUT2D eigenvalue weighted by Gasteiger charge is 2.15. The second kappa shape index (κ2) is 10.5. The van der Waals surface area contributed by atoms with Crippen LogP contribution in [0, 0.1) is 5.82 Å². The van der Waals surface area contributed by atoms with Crippen LogP contribution in [0.3, 0.4) is 0 Å². The van der Waals surface area contributed by atoms with E-state index in [0.29, 0.717) is 24.3 Å². The molecule has 0 heterocycles. The summed E-state index contributed by atoms with van der Waals surface area (Å²) in [5.41, 5.74) is 6.95. The van der Waals surface area contributed by atoms with Crippen molar-refractivity contribution in [2.75, 3.05) is 18.4 Å². The third kappa shape index (κ3) is 6.13. The lowest BCUT2D eigenvalue weighted by molar-refractivity contribution is -0.116. The zero-order valence-electron chi connectivity index (χ0n) is 14.5. The number of carbonyl (C=O) groups is 2. The molecule has 5 nitrogen and oxygen atoms in total. The third-order valence-electron chi connectivity index (χ3n) is 3.78. The fourth-order valence-electron chi connectivity index (χ4n) is 2.48. The van der Waals surface area contributed by atoms with Crippen LogP contribution >= 0.6 is 12.4 Å². The molecule has 0 fully saturated rings. The normalized spacial score (nSPS) is 11.2. The first kappa shape index (κ1) is 21.6. The highest BCUT2D eigenvalue weighted by molar-refractivity contribution is 6.03. The molecule has 2 aromatic rings. The lowest BCUT2D eigenvalue weighted by atomic mass is 9.97. The number of para-hydroxylation sites is 1. The van der Waals surface area contributed by atoms with Crippen LogP contribution in [0.25, 0.3) is 0 Å². The van der Waals surface area contributed by atoms with E-state index < -0.39 is 0 Å². The van der Waals surface area contributed by atoms with Crippen molar-refractivity contribution in [2.45, 2.75) is 19.3 Å². The van der Waals surface area contributed by atoms with Gasteiger partial charge in [0.05, 0.1) is 11.3 Å². The van der Waals surface area contributed by atoms with Gasteiger partial charge in [-0.25, -0.2) is 4.39 Å². The summed E-state index contributed by atoms with van der Waals surface area (Å²) in [7, 11) is 0. The van der Waals surface area contributed by atoms with Gasteiger partial charge >= 0.3 is 0 Å². The second-order valence-electron chi connectivity index (χ2n) is 5.80. The summed E-state index contributed by atoms with van der Waals surface area (Å²) in [4.78, 5) is 24.4. The molecule has 1 atom stereocenters. The van der Waals surface area contributed by atoms with E-state index in [-0.39, 0.29) is 42.4 Å². The van der Waals surface area contributed by atoms with E-state index in [9.17, 15) is 14.0 Å². The maximum absolute atomic E-state index is 13.3. The van der Waals surface area contributed by atoms with Gasteiger partial charge in [0, 0.05) is 19.5 Å². The molecule has 0 spiro atoms. The van der Waals surface area contributed by atoms with Crippen LogP contribution in [0.2, 0.25) is 0 Å². The van der Waals surface area contributed by atoms with Crippen molar-refractivity contribution >= 4 is 29.9 Å². The van der Waals surface area contributed by atoms with Gasteiger partial charge in [0.1, 0.15) is 5.82 Å². The molecule has 2 rings (SSSR count). The van der Waals surface area contributed by atoms with Gasteiger partial charge in [0.15, 0.2) is 0 Å². The maximum atomic E-state index is 13.3. The molecule has 140 valence electrons. The van der Waals surface area contributed by atoms with E-state index in [4.69, 9.17) is 5.73 Å². The second-order valence-corrected chi connectivity index (χ2v) is 5.80. The van der Waals surface area contributed by atoms with E-state index in [1.54, 1.807) is 36.4 Å². The average Bonchev–Trinajstić information content (AvgIpc) is 2.60. The Hall–Kier alpha value is -2.44. The molecule has 1 unspecified atom stereocenters. The van der Waals surface area contributed by atoms with Crippen LogP contribution in [0.5, 0.6) is 0 Å². The number of hydrogen-bond acceptors (Lipinski definition) is 3. The minimum atomic E-state index is -0.327. The summed E-state index contributed by atoms with van der Waals surface area (Å²) in [6.07, 6.45) is 0.183. The summed E-state index contributed by atoms with van der Waals surface area (Å²) in [5, 5.41) is 5.44. The molecule has 0 aliphatic heterocycles. The first-order valence-electron chi connectivity index (χ1n) is 8.14. The predicted molar refractivity (Wildman–Crippen MR) is 103 cm³/mol. The summed E-state index contributed by atoms with van der Waals surface area (Å²) in [6.45, 7) is 2.55. The number of rotatable bonds is 7. The lowest BCUT2D eigenvalue weighted by Gasteiger charge is -2.14. The number of nitrogens with two attached hydrogens (primary N) is 1. The van der Waals surface area contributed by atoms with Gasteiger partial charge in [-0.15, -0.1) is 12.4 Å². The molecule has 26 heavy (non-hydrogen) atoms. The van der Waals surface area contributed by atoms with Crippen molar-refractivity contribution in [1.82, 2.24) is 5.32 Å². The van der Waals surface area contributed by atoms with E-state index in [0.717, 1.165) is 5.56 Å². The van der Waals surface area contributed by atoms with Gasteiger partial charge in [-0.05, 0) is 35.7 Å². The standard InChI is InChI=1S/C19H22FN3O2.ClH/c1-13(14-5-4-6-15(20)12-14)11-18(24)23-17-8-3-2-7-16(17)19(25)22-10-9-21;/h2-8,12-13H,9-11,21H2,1H3,(H,22,25)(H,23,24);1H. The summed E-state index contributed by atoms with van der Waals surface area (Å²) >= 11 is 0. The molecule has 2 amide bonds. The van der Waals surface area contributed by atoms with Crippen LogP contribution in [0.1, 0.15) is 35.2 Å². The summed E-state index contributed by atoms with van der Waals surface area (Å²) < 4.78 is 13.3. The Balaban J connectivity index is 0.00000338. The quantitative estimate of drug-likeness (QED) is 0.691. The zero-order chi connectivity index (χ0) is 18.2. The molecule has 0 saturated heterocycles. The lowest BCUT2D eigenvalue weighted by Crippen LogP contribution is -2.30. The van der Waals surface area contributed by atoms with Crippen molar-refractivity contribution in [2.24, 2.45) is 5.73 Å². The Morgan fingerprint density at radius 3 is 2.58 bits per heavy atom. The van der Waals surface area contributed by atoms with Crippen LogP contribution < -0.4 is 16.4 Å². The van der Waals surface area contributed by atoms with Gasteiger partial charge in [-0.3, -0.25) is 9.59 Å². The summed E-state index contributed by atoms with van der Waals surface area (Å²) in [5.74, 6) is -1.00. The molecule has 7 heteroatoms. The zero-order valence-corrected chi connectivity index (χ0v) is 15.3. The van der Waals surface area contributed by atoms with Crippen molar-refractivity contribution in [1.29, 1.82) is 0 Å². The van der Waals surface area contributed by atoms with Crippen molar-refractivity contribution in [3.05, 3.63) is 65.5 Å². The van der Waals surface area contributed by atoms with Gasteiger partial charge in [-0.2, -0.15) is 0 Å². The number of amides is 2. The van der Waals surface area contributed by atoms with Crippen LogP contribution in [-0.4, -0.2) is 24.9 Å². The first-order valence-corrected chi connectivity index (χ1v) is 8.14. The Bertz CT molecular complexity index is 755. The monoisotopic (exact) mass is 379 g/mol. The Kier molecular flexibility index (Phi) is 8.75. The molecule has 0 aromatic heterocycles. The third-order valence-corrected chi connectivity index (χ3v) is 3.78. The molecule has 0 bridgehead atoms. The van der Waals surface area contributed by atoms with Crippen LogP contribution in [-0.2, 0) is 4.79 Å². The van der Waals surface area contributed by atoms with E-state index in [2.05, 4.69) is 10.6 Å². The number of hydrogen-bond donors (Lipinski definition) is 3. The SMILES string of the molecule is CC(CC(=O)Nc1ccccc1C(=O)NCCN)c1cccc(F)c1.Cl. The molecule has 4 N–H and O–H groups in total. The number of nitrogens with one attached hydrogen (secondary N) is 2. The first-order chi connectivity index (χ1) is 12.0. The Labute approximate surface area is 158 Å². The number of anilines is 1. The fourth-order valence-corrected chi connectivity index (χ4v) is 2.48. The van der Waals surface area contributed by atoms with Gasteiger partial charge in [0.25, 0.3) is 5.91 Å². The molecule has 0 radical (unpaired) electrons. The highest BCUT2D eigenvalue weighted by Crippen LogP contribution is 2.21. The fraction of sp³-hybridized carbons (Fsp3) is 0.263. The maximum Gasteiger partial charge on any atom is 0.253 e. The van der Waals surface area contributed by atoms with Gasteiger partial charge < -0.3 is 16.4 Å². The molecule has 0 aliphatic rings. The number of carbonyl (C=O) groups excluding carboxylic acids is 2. The van der Waals surface area contributed by atoms with E-state index in [1.165, 1.54) is 12.1 Å². The van der Waals surface area contributed by atoms with Gasteiger partial charge in [0.2, 0.25) is 5.91 Å². The number of halogens is 2. The molecular weight excluding hydrogens is 357 g/mol. The summed E-state index contributed by atoms with van der Waals surface area (Å²) in [6, 6.07) is 13.0.